The Labute approximate surface area is 157 Å². The van der Waals surface area contributed by atoms with Gasteiger partial charge in [0.1, 0.15) is 11.4 Å². The van der Waals surface area contributed by atoms with Crippen LogP contribution in [0.1, 0.15) is 34.6 Å². The van der Waals surface area contributed by atoms with Crippen molar-refractivity contribution in [3.05, 3.63) is 93.9 Å². The first kappa shape index (κ1) is 18.4. The number of ether oxygens (including phenoxy) is 1. The summed E-state index contributed by atoms with van der Waals surface area (Å²) >= 11 is 0. The lowest BCUT2D eigenvalue weighted by atomic mass is 10.1. The van der Waals surface area contributed by atoms with Crippen molar-refractivity contribution in [1.29, 1.82) is 0 Å². The van der Waals surface area contributed by atoms with Gasteiger partial charge < -0.3 is 10.1 Å². The van der Waals surface area contributed by atoms with Crippen molar-refractivity contribution in [3.63, 3.8) is 0 Å². The van der Waals surface area contributed by atoms with E-state index in [9.17, 15) is 9.59 Å². The van der Waals surface area contributed by atoms with Crippen molar-refractivity contribution in [2.24, 2.45) is 0 Å². The summed E-state index contributed by atoms with van der Waals surface area (Å²) in [5.41, 5.74) is 1.73. The highest BCUT2D eigenvalue weighted by atomic mass is 16.5. The average molecular weight is 363 g/mol. The minimum Gasteiger partial charge on any atom is -0.496 e. The fourth-order valence-corrected chi connectivity index (χ4v) is 2.81. The Balaban J connectivity index is 1.79. The molecule has 3 aromatic rings. The van der Waals surface area contributed by atoms with Crippen LogP contribution in [0.15, 0.2) is 71.5 Å². The summed E-state index contributed by atoms with van der Waals surface area (Å²) in [6, 6.07) is 19.5. The Bertz CT molecular complexity index is 983. The van der Waals surface area contributed by atoms with Gasteiger partial charge in [-0.1, -0.05) is 48.5 Å². The predicted molar refractivity (Wildman–Crippen MR) is 103 cm³/mol. The highest BCUT2D eigenvalue weighted by molar-refractivity contribution is 5.92. The number of amides is 1. The summed E-state index contributed by atoms with van der Waals surface area (Å²) in [5.74, 6) is 0.350. The quantitative estimate of drug-likeness (QED) is 0.731. The molecule has 0 saturated heterocycles. The Hall–Kier alpha value is -3.41. The Morgan fingerprint density at radius 3 is 2.52 bits per heavy atom. The van der Waals surface area contributed by atoms with E-state index in [1.807, 2.05) is 61.5 Å². The molecule has 0 aliphatic rings. The molecular weight excluding hydrogens is 342 g/mol. The van der Waals surface area contributed by atoms with Gasteiger partial charge in [-0.15, -0.1) is 0 Å². The molecule has 2 aromatic carbocycles. The molecule has 0 aliphatic heterocycles. The summed E-state index contributed by atoms with van der Waals surface area (Å²) in [4.78, 5) is 24.7. The molecule has 0 spiro atoms. The van der Waals surface area contributed by atoms with Gasteiger partial charge in [-0.25, -0.2) is 4.68 Å². The number of para-hydroxylation sites is 1. The van der Waals surface area contributed by atoms with E-state index < -0.39 is 0 Å². The minimum atomic E-state index is -0.352. The topological polar surface area (TPSA) is 73.2 Å². The maximum Gasteiger partial charge on any atom is 0.272 e. The number of benzene rings is 2. The number of aromatic nitrogens is 2. The van der Waals surface area contributed by atoms with Gasteiger partial charge in [0, 0.05) is 11.6 Å². The highest BCUT2D eigenvalue weighted by Crippen LogP contribution is 2.24. The smallest absolute Gasteiger partial charge is 0.272 e. The van der Waals surface area contributed by atoms with Gasteiger partial charge in [-0.05, 0) is 24.6 Å². The van der Waals surface area contributed by atoms with Crippen molar-refractivity contribution in [2.45, 2.75) is 19.5 Å². The highest BCUT2D eigenvalue weighted by Gasteiger charge is 2.16. The van der Waals surface area contributed by atoms with Crippen molar-refractivity contribution in [2.75, 3.05) is 7.11 Å². The first-order valence-electron chi connectivity index (χ1n) is 8.64. The molecule has 6 nitrogen and oxygen atoms in total. The molecule has 0 aliphatic carbocycles. The van der Waals surface area contributed by atoms with Crippen LogP contribution in [0.3, 0.4) is 0 Å². The molecule has 1 unspecified atom stereocenters. The van der Waals surface area contributed by atoms with Crippen molar-refractivity contribution in [3.8, 4) is 5.75 Å². The van der Waals surface area contributed by atoms with Crippen LogP contribution in [0.4, 0.5) is 0 Å². The Morgan fingerprint density at radius 2 is 1.78 bits per heavy atom. The molecule has 0 radical (unpaired) electrons. The number of nitrogens with zero attached hydrogens (tertiary/aromatic N) is 2. The van der Waals surface area contributed by atoms with E-state index in [4.69, 9.17) is 4.74 Å². The van der Waals surface area contributed by atoms with Crippen LogP contribution in [0, 0.1) is 0 Å². The van der Waals surface area contributed by atoms with Crippen LogP contribution in [-0.4, -0.2) is 22.8 Å². The zero-order valence-electron chi connectivity index (χ0n) is 15.3. The lowest BCUT2D eigenvalue weighted by Gasteiger charge is -2.17. The van der Waals surface area contributed by atoms with E-state index in [1.165, 1.54) is 16.8 Å². The van der Waals surface area contributed by atoms with Gasteiger partial charge in [0.15, 0.2) is 0 Å². The second kappa shape index (κ2) is 8.31. The first-order chi connectivity index (χ1) is 13.1. The number of methoxy groups -OCH3 is 1. The Kier molecular flexibility index (Phi) is 5.66. The molecule has 3 rings (SSSR count). The molecule has 138 valence electrons. The molecule has 0 fully saturated rings. The van der Waals surface area contributed by atoms with E-state index >= 15 is 0 Å². The molecule has 0 bridgehead atoms. The van der Waals surface area contributed by atoms with Gasteiger partial charge in [0.05, 0.1) is 19.7 Å². The number of carbonyl (C=O) groups excluding carboxylic acids is 1. The lowest BCUT2D eigenvalue weighted by Crippen LogP contribution is -2.31. The van der Waals surface area contributed by atoms with Gasteiger partial charge in [0.25, 0.3) is 11.5 Å². The number of rotatable bonds is 6. The molecule has 0 saturated carbocycles. The number of carbonyl (C=O) groups is 1. The molecule has 1 atom stereocenters. The van der Waals surface area contributed by atoms with E-state index in [-0.39, 0.29) is 23.2 Å². The Morgan fingerprint density at radius 1 is 1.07 bits per heavy atom. The zero-order valence-corrected chi connectivity index (χ0v) is 15.3. The normalized spacial score (nSPS) is 11.6. The molecular formula is C21H21N3O3. The fraction of sp³-hybridized carbons (Fsp3) is 0.190. The first-order valence-corrected chi connectivity index (χ1v) is 8.64. The van der Waals surface area contributed by atoms with Gasteiger partial charge in [0.2, 0.25) is 0 Å². The van der Waals surface area contributed by atoms with Crippen LogP contribution in [0.2, 0.25) is 0 Å². The summed E-state index contributed by atoms with van der Waals surface area (Å²) in [6.07, 6.45) is 0. The standard InChI is InChI=1S/C21H21N3O3/c1-15(17-10-6-7-11-19(17)27-2)22-21(26)18-12-13-20(25)24(23-18)14-16-8-4-3-5-9-16/h3-13,15H,14H2,1-2H3,(H,22,26). The third kappa shape index (κ3) is 4.41. The second-order valence-electron chi connectivity index (χ2n) is 6.14. The molecule has 1 N–H and O–H groups in total. The fourth-order valence-electron chi connectivity index (χ4n) is 2.81. The largest absolute Gasteiger partial charge is 0.496 e. The van der Waals surface area contributed by atoms with E-state index in [1.54, 1.807) is 7.11 Å². The lowest BCUT2D eigenvalue weighted by molar-refractivity contribution is 0.0932. The number of hydrogen-bond donors (Lipinski definition) is 1. The van der Waals surface area contributed by atoms with Crippen LogP contribution in [0.5, 0.6) is 5.75 Å². The van der Waals surface area contributed by atoms with Crippen LogP contribution >= 0.6 is 0 Å². The summed E-state index contributed by atoms with van der Waals surface area (Å²) in [5, 5.41) is 7.12. The van der Waals surface area contributed by atoms with Crippen molar-refractivity contribution < 1.29 is 9.53 Å². The van der Waals surface area contributed by atoms with Crippen molar-refractivity contribution in [1.82, 2.24) is 15.1 Å². The zero-order chi connectivity index (χ0) is 19.2. The molecule has 1 aromatic heterocycles. The number of nitrogens with one attached hydrogen (secondary N) is 1. The molecule has 6 heteroatoms. The van der Waals surface area contributed by atoms with E-state index in [0.717, 1.165) is 11.1 Å². The van der Waals surface area contributed by atoms with Crippen LogP contribution in [0.25, 0.3) is 0 Å². The number of hydrogen-bond acceptors (Lipinski definition) is 4. The van der Waals surface area contributed by atoms with Gasteiger partial charge in [-0.3, -0.25) is 9.59 Å². The van der Waals surface area contributed by atoms with Crippen molar-refractivity contribution >= 4 is 5.91 Å². The van der Waals surface area contributed by atoms with Crippen LogP contribution in [-0.2, 0) is 6.54 Å². The summed E-state index contributed by atoms with van der Waals surface area (Å²) in [7, 11) is 1.59. The van der Waals surface area contributed by atoms with Crippen LogP contribution < -0.4 is 15.6 Å². The predicted octanol–water partition coefficient (Wildman–Crippen LogP) is 2.79. The maximum atomic E-state index is 12.6. The second-order valence-corrected chi connectivity index (χ2v) is 6.14. The molecule has 1 amide bonds. The van der Waals surface area contributed by atoms with E-state index in [0.29, 0.717) is 12.3 Å². The third-order valence-corrected chi connectivity index (χ3v) is 4.23. The minimum absolute atomic E-state index is 0.187. The maximum absolute atomic E-state index is 12.6. The van der Waals surface area contributed by atoms with Gasteiger partial charge in [-0.2, -0.15) is 5.10 Å². The monoisotopic (exact) mass is 363 g/mol. The molecule has 27 heavy (non-hydrogen) atoms. The van der Waals surface area contributed by atoms with Gasteiger partial charge >= 0.3 is 0 Å². The molecule has 1 heterocycles. The average Bonchev–Trinajstić information content (AvgIpc) is 2.70. The SMILES string of the molecule is COc1ccccc1C(C)NC(=O)c1ccc(=O)n(Cc2ccccc2)n1. The summed E-state index contributed by atoms with van der Waals surface area (Å²) in [6.45, 7) is 2.18. The van der Waals surface area contributed by atoms with E-state index in [2.05, 4.69) is 10.4 Å². The summed E-state index contributed by atoms with van der Waals surface area (Å²) < 4.78 is 6.63. The third-order valence-electron chi connectivity index (χ3n) is 4.23.